The number of aliphatic carboxylic acids is 1. The summed E-state index contributed by atoms with van der Waals surface area (Å²) in [4.78, 5) is 38.7. The van der Waals surface area contributed by atoms with Gasteiger partial charge in [0.1, 0.15) is 12.6 Å². The summed E-state index contributed by atoms with van der Waals surface area (Å²) in [6, 6.07) is 15.3. The minimum absolute atomic E-state index is 0.0141. The van der Waals surface area contributed by atoms with E-state index in [-0.39, 0.29) is 32.0 Å². The zero-order chi connectivity index (χ0) is 24.9. The van der Waals surface area contributed by atoms with E-state index in [0.717, 1.165) is 28.7 Å². The number of aliphatic hydroxyl groups is 1. The van der Waals surface area contributed by atoms with Crippen molar-refractivity contribution in [2.45, 2.75) is 50.7 Å². The van der Waals surface area contributed by atoms with E-state index in [9.17, 15) is 24.6 Å². The number of alkyl carbamates (subject to hydrolysis) is 1. The van der Waals surface area contributed by atoms with Crippen molar-refractivity contribution < 1.29 is 29.3 Å². The van der Waals surface area contributed by atoms with Gasteiger partial charge in [0.05, 0.1) is 12.0 Å². The number of carbonyl (C=O) groups is 3. The van der Waals surface area contributed by atoms with E-state index in [1.807, 2.05) is 43.3 Å². The van der Waals surface area contributed by atoms with Crippen LogP contribution in [0.15, 0.2) is 48.5 Å². The Morgan fingerprint density at radius 1 is 1.06 bits per heavy atom. The molecule has 4 rings (SSSR count). The number of amides is 2. The van der Waals surface area contributed by atoms with Crippen LogP contribution in [0, 0.1) is 5.92 Å². The lowest BCUT2D eigenvalue weighted by Gasteiger charge is -2.36. The van der Waals surface area contributed by atoms with Crippen LogP contribution in [0.2, 0.25) is 0 Å². The summed E-state index contributed by atoms with van der Waals surface area (Å²) in [5.74, 6) is -2.36. The van der Waals surface area contributed by atoms with E-state index in [0.29, 0.717) is 12.8 Å². The minimum atomic E-state index is -1.05. The van der Waals surface area contributed by atoms with Gasteiger partial charge in [-0.25, -0.2) is 4.79 Å². The number of unbranched alkanes of at least 4 members (excludes halogenated alkanes) is 1. The van der Waals surface area contributed by atoms with Gasteiger partial charge in [-0.05, 0) is 35.1 Å². The van der Waals surface area contributed by atoms with Gasteiger partial charge < -0.3 is 25.2 Å². The second-order valence-electron chi connectivity index (χ2n) is 9.33. The molecule has 0 aromatic heterocycles. The minimum Gasteiger partial charge on any atom is -0.481 e. The van der Waals surface area contributed by atoms with Crippen molar-refractivity contribution in [3.8, 4) is 11.1 Å². The molecule has 2 aliphatic rings. The standard InChI is InChI=1S/C27H32N2O6/c1-2-3-12-24(25(31)29-14-17(26(32)33)13-18(30)15-29)28-27(34)35-16-23-21-10-6-4-8-19(21)20-9-5-7-11-22(20)23/h4-11,17-18,23-24,30H,2-3,12-16H2,1H3,(H,28,34)(H,32,33)/t17?,18?,24-/m0/s1. The second kappa shape index (κ2) is 10.9. The molecule has 3 N–H and O–H groups in total. The predicted octanol–water partition coefficient (Wildman–Crippen LogP) is 3.38. The molecule has 2 aromatic rings. The third kappa shape index (κ3) is 5.48. The maximum Gasteiger partial charge on any atom is 0.407 e. The highest BCUT2D eigenvalue weighted by Crippen LogP contribution is 2.44. The number of nitrogens with one attached hydrogen (secondary N) is 1. The number of hydrogen-bond donors (Lipinski definition) is 3. The smallest absolute Gasteiger partial charge is 0.407 e. The molecule has 1 heterocycles. The number of likely N-dealkylation sites (tertiary alicyclic amines) is 1. The number of nitrogens with zero attached hydrogens (tertiary/aromatic N) is 1. The molecule has 35 heavy (non-hydrogen) atoms. The molecule has 1 aliphatic heterocycles. The Morgan fingerprint density at radius 3 is 2.29 bits per heavy atom. The third-order valence-electron chi connectivity index (χ3n) is 6.87. The molecule has 0 radical (unpaired) electrons. The number of hydrogen-bond acceptors (Lipinski definition) is 5. The summed E-state index contributed by atoms with van der Waals surface area (Å²) in [5, 5.41) is 22.1. The van der Waals surface area contributed by atoms with Crippen LogP contribution in [-0.2, 0) is 14.3 Å². The normalized spacial score (nSPS) is 20.0. The SMILES string of the molecule is CCCC[C@H](NC(=O)OCC1c2ccccc2-c2ccccc21)C(=O)N1CC(O)CC(C(=O)O)C1. The van der Waals surface area contributed by atoms with Crippen LogP contribution in [0.3, 0.4) is 0 Å². The quantitative estimate of drug-likeness (QED) is 0.533. The number of aliphatic hydroxyl groups excluding tert-OH is 1. The number of carboxylic acids is 1. The Morgan fingerprint density at radius 2 is 1.69 bits per heavy atom. The fourth-order valence-electron chi connectivity index (χ4n) is 5.10. The molecule has 8 nitrogen and oxygen atoms in total. The first-order valence-electron chi connectivity index (χ1n) is 12.2. The number of ether oxygens (including phenoxy) is 1. The van der Waals surface area contributed by atoms with Crippen molar-refractivity contribution in [3.63, 3.8) is 0 Å². The monoisotopic (exact) mass is 480 g/mol. The molecule has 1 saturated heterocycles. The lowest BCUT2D eigenvalue weighted by molar-refractivity contribution is -0.149. The first kappa shape index (κ1) is 24.7. The highest BCUT2D eigenvalue weighted by Gasteiger charge is 2.36. The van der Waals surface area contributed by atoms with Gasteiger partial charge in [-0.3, -0.25) is 9.59 Å². The second-order valence-corrected chi connectivity index (χ2v) is 9.33. The third-order valence-corrected chi connectivity index (χ3v) is 6.87. The fourth-order valence-corrected chi connectivity index (χ4v) is 5.10. The molecule has 2 unspecified atom stereocenters. The molecule has 0 bridgehead atoms. The Labute approximate surface area is 204 Å². The molecule has 2 aromatic carbocycles. The number of β-amino-alcohol motifs (C(OH)–C–C–N with tert-alkyl or cyclic N) is 1. The molecular formula is C27H32N2O6. The van der Waals surface area contributed by atoms with Gasteiger partial charge in [-0.15, -0.1) is 0 Å². The van der Waals surface area contributed by atoms with Crippen LogP contribution in [0.4, 0.5) is 4.79 Å². The maximum atomic E-state index is 13.2. The van der Waals surface area contributed by atoms with Gasteiger partial charge in [-0.1, -0.05) is 68.3 Å². The average Bonchev–Trinajstić information content (AvgIpc) is 3.18. The Hall–Kier alpha value is -3.39. The van der Waals surface area contributed by atoms with Gasteiger partial charge in [0.2, 0.25) is 5.91 Å². The van der Waals surface area contributed by atoms with Crippen molar-refractivity contribution in [1.82, 2.24) is 10.2 Å². The fraction of sp³-hybridized carbons (Fsp3) is 0.444. The number of piperidine rings is 1. The highest BCUT2D eigenvalue weighted by atomic mass is 16.5. The van der Waals surface area contributed by atoms with E-state index in [1.54, 1.807) is 0 Å². The zero-order valence-corrected chi connectivity index (χ0v) is 19.9. The zero-order valence-electron chi connectivity index (χ0n) is 19.9. The lowest BCUT2D eigenvalue weighted by Crippen LogP contribution is -2.55. The molecule has 0 saturated carbocycles. The summed E-state index contributed by atoms with van der Waals surface area (Å²) in [6.07, 6.45) is 0.460. The van der Waals surface area contributed by atoms with E-state index >= 15 is 0 Å². The van der Waals surface area contributed by atoms with E-state index in [1.165, 1.54) is 4.90 Å². The summed E-state index contributed by atoms with van der Waals surface area (Å²) in [6.45, 7) is 2.19. The van der Waals surface area contributed by atoms with Crippen LogP contribution in [-0.4, -0.2) is 64.9 Å². The van der Waals surface area contributed by atoms with Crippen LogP contribution >= 0.6 is 0 Å². The van der Waals surface area contributed by atoms with E-state index in [4.69, 9.17) is 4.74 Å². The molecule has 8 heteroatoms. The first-order valence-corrected chi connectivity index (χ1v) is 12.2. The van der Waals surface area contributed by atoms with Crippen molar-refractivity contribution in [3.05, 3.63) is 59.7 Å². The predicted molar refractivity (Wildman–Crippen MR) is 130 cm³/mol. The molecule has 1 fully saturated rings. The number of fused-ring (bicyclic) bond motifs is 3. The molecule has 2 amide bonds. The topological polar surface area (TPSA) is 116 Å². The Kier molecular flexibility index (Phi) is 7.70. The van der Waals surface area contributed by atoms with E-state index in [2.05, 4.69) is 17.4 Å². The van der Waals surface area contributed by atoms with Gasteiger partial charge in [0.25, 0.3) is 0 Å². The summed E-state index contributed by atoms with van der Waals surface area (Å²) in [7, 11) is 0. The number of carbonyl (C=O) groups excluding carboxylic acids is 2. The largest absolute Gasteiger partial charge is 0.481 e. The highest BCUT2D eigenvalue weighted by molar-refractivity contribution is 5.86. The number of carboxylic acid groups (broad SMARTS) is 1. The number of rotatable bonds is 8. The summed E-state index contributed by atoms with van der Waals surface area (Å²) in [5.41, 5.74) is 4.46. The van der Waals surface area contributed by atoms with Gasteiger partial charge in [-0.2, -0.15) is 0 Å². The first-order chi connectivity index (χ1) is 16.9. The summed E-state index contributed by atoms with van der Waals surface area (Å²) >= 11 is 0. The van der Waals surface area contributed by atoms with Gasteiger partial charge in [0, 0.05) is 19.0 Å². The number of benzene rings is 2. The molecule has 0 spiro atoms. The summed E-state index contributed by atoms with van der Waals surface area (Å²) < 4.78 is 5.60. The van der Waals surface area contributed by atoms with Crippen LogP contribution < -0.4 is 5.32 Å². The molecule has 3 atom stereocenters. The Bertz CT molecular complexity index is 1040. The Balaban J connectivity index is 1.42. The molecule has 1 aliphatic carbocycles. The molecular weight excluding hydrogens is 448 g/mol. The van der Waals surface area contributed by atoms with Crippen LogP contribution in [0.25, 0.3) is 11.1 Å². The van der Waals surface area contributed by atoms with Crippen molar-refractivity contribution >= 4 is 18.0 Å². The van der Waals surface area contributed by atoms with Gasteiger partial charge in [0.15, 0.2) is 0 Å². The van der Waals surface area contributed by atoms with Crippen LogP contribution in [0.5, 0.6) is 0 Å². The van der Waals surface area contributed by atoms with Gasteiger partial charge >= 0.3 is 12.1 Å². The van der Waals surface area contributed by atoms with Crippen LogP contribution in [0.1, 0.15) is 49.7 Å². The maximum absolute atomic E-state index is 13.2. The lowest BCUT2D eigenvalue weighted by atomic mass is 9.95. The average molecular weight is 481 g/mol. The van der Waals surface area contributed by atoms with E-state index < -0.39 is 36.0 Å². The van der Waals surface area contributed by atoms with Crippen molar-refractivity contribution in [1.29, 1.82) is 0 Å². The van der Waals surface area contributed by atoms with Crippen molar-refractivity contribution in [2.75, 3.05) is 19.7 Å². The van der Waals surface area contributed by atoms with Crippen molar-refractivity contribution in [2.24, 2.45) is 5.92 Å². The molecule has 186 valence electrons.